The van der Waals surface area contributed by atoms with E-state index in [0.717, 1.165) is 25.7 Å². The number of ether oxygens (including phenoxy) is 1. The summed E-state index contributed by atoms with van der Waals surface area (Å²) in [6.07, 6.45) is 5.46. The zero-order valence-corrected chi connectivity index (χ0v) is 12.8. The molecule has 2 fully saturated rings. The highest BCUT2D eigenvalue weighted by Crippen LogP contribution is 2.29. The van der Waals surface area contributed by atoms with Crippen LogP contribution in [0.1, 0.15) is 38.5 Å². The molecule has 0 spiro atoms. The molecular formula is C13H26N2O4S. The first-order valence-electron chi connectivity index (χ1n) is 7.51. The monoisotopic (exact) mass is 306 g/mol. The number of nitrogens with zero attached hydrogens (tertiary/aromatic N) is 1. The molecular weight excluding hydrogens is 280 g/mol. The van der Waals surface area contributed by atoms with E-state index in [9.17, 15) is 13.5 Å². The molecule has 0 aromatic heterocycles. The van der Waals surface area contributed by atoms with Crippen molar-refractivity contribution in [2.24, 2.45) is 5.41 Å². The number of nitrogens with one attached hydrogen (secondary N) is 1. The minimum Gasteiger partial charge on any atom is -0.396 e. The summed E-state index contributed by atoms with van der Waals surface area (Å²) in [4.78, 5) is 0. The summed E-state index contributed by atoms with van der Waals surface area (Å²) < 4.78 is 34.2. The average molecular weight is 306 g/mol. The molecule has 2 N–H and O–H groups in total. The first-order valence-corrected chi connectivity index (χ1v) is 8.95. The lowest BCUT2D eigenvalue weighted by molar-refractivity contribution is -0.0128. The van der Waals surface area contributed by atoms with Gasteiger partial charge in [-0.3, -0.25) is 0 Å². The quantitative estimate of drug-likeness (QED) is 0.774. The Labute approximate surface area is 121 Å². The molecule has 6 nitrogen and oxygen atoms in total. The SMILES string of the molecule is O=S(=O)(NCC1(CO)CCOCC1)N1CCCCCC1. The number of hydrogen-bond donors (Lipinski definition) is 2. The van der Waals surface area contributed by atoms with E-state index in [-0.39, 0.29) is 12.0 Å². The highest BCUT2D eigenvalue weighted by Gasteiger charge is 2.34. The molecule has 0 atom stereocenters. The van der Waals surface area contributed by atoms with Crippen LogP contribution in [0.25, 0.3) is 0 Å². The molecule has 0 aromatic carbocycles. The maximum absolute atomic E-state index is 12.3. The first-order chi connectivity index (χ1) is 9.58. The Balaban J connectivity index is 1.93. The largest absolute Gasteiger partial charge is 0.396 e. The normalized spacial score (nSPS) is 25.2. The minimum atomic E-state index is -3.42. The van der Waals surface area contributed by atoms with Crippen LogP contribution in [0.3, 0.4) is 0 Å². The molecule has 7 heteroatoms. The second kappa shape index (κ2) is 7.17. The van der Waals surface area contributed by atoms with Crippen LogP contribution in [0.15, 0.2) is 0 Å². The van der Waals surface area contributed by atoms with E-state index < -0.39 is 10.2 Å². The first kappa shape index (κ1) is 16.2. The van der Waals surface area contributed by atoms with E-state index in [0.29, 0.717) is 45.7 Å². The topological polar surface area (TPSA) is 78.9 Å². The van der Waals surface area contributed by atoms with Crippen LogP contribution in [-0.4, -0.2) is 57.3 Å². The van der Waals surface area contributed by atoms with Crippen molar-refractivity contribution in [3.63, 3.8) is 0 Å². The summed E-state index contributed by atoms with van der Waals surface area (Å²) in [5, 5.41) is 9.59. The molecule has 118 valence electrons. The van der Waals surface area contributed by atoms with Gasteiger partial charge in [-0.15, -0.1) is 0 Å². The van der Waals surface area contributed by atoms with Gasteiger partial charge in [-0.05, 0) is 25.7 Å². The third-order valence-electron chi connectivity index (χ3n) is 4.42. The molecule has 2 saturated heterocycles. The van der Waals surface area contributed by atoms with Crippen molar-refractivity contribution >= 4 is 10.2 Å². The average Bonchev–Trinajstić information content (AvgIpc) is 2.76. The number of hydrogen-bond acceptors (Lipinski definition) is 4. The lowest BCUT2D eigenvalue weighted by Gasteiger charge is -2.36. The standard InChI is InChI=1S/C13H26N2O4S/c16-12-13(5-9-19-10-6-13)11-14-20(17,18)15-7-3-1-2-4-8-15/h14,16H,1-12H2. The summed E-state index contributed by atoms with van der Waals surface area (Å²) in [5.74, 6) is 0. The predicted octanol–water partition coefficient (Wildman–Crippen LogP) is 0.486. The van der Waals surface area contributed by atoms with Gasteiger partial charge >= 0.3 is 0 Å². The Kier molecular flexibility index (Phi) is 5.80. The smallest absolute Gasteiger partial charge is 0.279 e. The lowest BCUT2D eigenvalue weighted by atomic mass is 9.81. The molecule has 2 rings (SSSR count). The minimum absolute atomic E-state index is 0.00111. The van der Waals surface area contributed by atoms with Gasteiger partial charge in [0.25, 0.3) is 10.2 Å². The van der Waals surface area contributed by atoms with Gasteiger partial charge in [-0.1, -0.05) is 12.8 Å². The van der Waals surface area contributed by atoms with E-state index in [1.807, 2.05) is 0 Å². The Morgan fingerprint density at radius 2 is 1.70 bits per heavy atom. The van der Waals surface area contributed by atoms with Crippen LogP contribution in [0.5, 0.6) is 0 Å². The summed E-state index contributed by atoms with van der Waals surface area (Å²) in [6, 6.07) is 0. The predicted molar refractivity (Wildman–Crippen MR) is 76.5 cm³/mol. The van der Waals surface area contributed by atoms with Gasteiger partial charge in [0.2, 0.25) is 0 Å². The fourth-order valence-corrected chi connectivity index (χ4v) is 4.22. The van der Waals surface area contributed by atoms with Gasteiger partial charge in [0.1, 0.15) is 0 Å². The molecule has 0 unspecified atom stereocenters. The number of rotatable bonds is 5. The molecule has 0 radical (unpaired) electrons. The summed E-state index contributed by atoms with van der Waals surface area (Å²) in [7, 11) is -3.42. The van der Waals surface area contributed by atoms with Gasteiger partial charge in [0.15, 0.2) is 0 Å². The van der Waals surface area contributed by atoms with E-state index in [2.05, 4.69) is 4.72 Å². The van der Waals surface area contributed by atoms with Crippen molar-refractivity contribution in [2.75, 3.05) is 39.5 Å². The fraction of sp³-hybridized carbons (Fsp3) is 1.00. The summed E-state index contributed by atoms with van der Waals surface area (Å²) >= 11 is 0. The van der Waals surface area contributed by atoms with Gasteiger partial charge in [-0.25, -0.2) is 4.72 Å². The van der Waals surface area contributed by atoms with E-state index >= 15 is 0 Å². The second-order valence-electron chi connectivity index (χ2n) is 5.91. The molecule has 2 aliphatic heterocycles. The lowest BCUT2D eigenvalue weighted by Crippen LogP contribution is -2.48. The Morgan fingerprint density at radius 1 is 1.10 bits per heavy atom. The molecule has 2 aliphatic rings. The Bertz CT molecular complexity index is 385. The number of aliphatic hydroxyl groups is 1. The maximum Gasteiger partial charge on any atom is 0.279 e. The third-order valence-corrected chi connectivity index (χ3v) is 5.98. The molecule has 0 saturated carbocycles. The molecule has 0 aromatic rings. The zero-order chi connectivity index (χ0) is 14.5. The van der Waals surface area contributed by atoms with Crippen LogP contribution in [0, 0.1) is 5.41 Å². The van der Waals surface area contributed by atoms with Crippen molar-refractivity contribution in [1.29, 1.82) is 0 Å². The van der Waals surface area contributed by atoms with Crippen LogP contribution >= 0.6 is 0 Å². The third kappa shape index (κ3) is 4.14. The highest BCUT2D eigenvalue weighted by molar-refractivity contribution is 7.87. The van der Waals surface area contributed by atoms with Crippen molar-refractivity contribution in [3.05, 3.63) is 0 Å². The maximum atomic E-state index is 12.3. The van der Waals surface area contributed by atoms with Gasteiger partial charge in [0.05, 0.1) is 6.61 Å². The summed E-state index contributed by atoms with van der Waals surface area (Å²) in [5.41, 5.74) is -0.364. The van der Waals surface area contributed by atoms with Crippen molar-refractivity contribution in [3.8, 4) is 0 Å². The van der Waals surface area contributed by atoms with E-state index in [4.69, 9.17) is 4.74 Å². The van der Waals surface area contributed by atoms with Crippen molar-refractivity contribution < 1.29 is 18.3 Å². The molecule has 20 heavy (non-hydrogen) atoms. The van der Waals surface area contributed by atoms with Gasteiger partial charge in [0, 0.05) is 38.3 Å². The molecule has 0 aliphatic carbocycles. The van der Waals surface area contributed by atoms with E-state index in [1.54, 1.807) is 4.31 Å². The molecule has 0 amide bonds. The van der Waals surface area contributed by atoms with Crippen molar-refractivity contribution in [1.82, 2.24) is 9.03 Å². The van der Waals surface area contributed by atoms with Crippen LogP contribution in [0.4, 0.5) is 0 Å². The second-order valence-corrected chi connectivity index (χ2v) is 7.67. The van der Waals surface area contributed by atoms with Gasteiger partial charge in [-0.2, -0.15) is 12.7 Å². The van der Waals surface area contributed by atoms with E-state index in [1.165, 1.54) is 0 Å². The molecule has 0 bridgehead atoms. The van der Waals surface area contributed by atoms with Gasteiger partial charge < -0.3 is 9.84 Å². The highest BCUT2D eigenvalue weighted by atomic mass is 32.2. The van der Waals surface area contributed by atoms with Crippen LogP contribution in [0.2, 0.25) is 0 Å². The van der Waals surface area contributed by atoms with Crippen LogP contribution < -0.4 is 4.72 Å². The Hall–Kier alpha value is -0.210. The molecule has 2 heterocycles. The zero-order valence-electron chi connectivity index (χ0n) is 12.0. The van der Waals surface area contributed by atoms with Crippen molar-refractivity contribution in [2.45, 2.75) is 38.5 Å². The Morgan fingerprint density at radius 3 is 2.25 bits per heavy atom. The van der Waals surface area contributed by atoms with Crippen LogP contribution in [-0.2, 0) is 14.9 Å². The fourth-order valence-electron chi connectivity index (χ4n) is 2.81. The number of aliphatic hydroxyl groups excluding tert-OH is 1. The summed E-state index contributed by atoms with van der Waals surface area (Å²) in [6.45, 7) is 2.68.